The summed E-state index contributed by atoms with van der Waals surface area (Å²) in [6.45, 7) is 1.01. The summed E-state index contributed by atoms with van der Waals surface area (Å²) in [7, 11) is 3.11. The van der Waals surface area contributed by atoms with Crippen LogP contribution in [-0.2, 0) is 9.53 Å². The van der Waals surface area contributed by atoms with Crippen molar-refractivity contribution < 1.29 is 19.4 Å². The predicted molar refractivity (Wildman–Crippen MR) is 59.4 cm³/mol. The van der Waals surface area contributed by atoms with Crippen molar-refractivity contribution in [3.8, 4) is 0 Å². The van der Waals surface area contributed by atoms with Crippen molar-refractivity contribution in [2.45, 2.75) is 19.3 Å². The number of urea groups is 1. The number of carboxylic acid groups (broad SMARTS) is 1. The first kappa shape index (κ1) is 14.7. The minimum atomic E-state index is -1.02. The highest BCUT2D eigenvalue weighted by atomic mass is 16.5. The number of carbonyl (C=O) groups is 2. The molecule has 0 aromatic heterocycles. The Morgan fingerprint density at radius 2 is 2.00 bits per heavy atom. The molecule has 0 radical (unpaired) electrons. The van der Waals surface area contributed by atoms with Crippen molar-refractivity contribution in [1.82, 2.24) is 10.2 Å². The van der Waals surface area contributed by atoms with Crippen LogP contribution in [-0.4, -0.2) is 55.9 Å². The highest BCUT2D eigenvalue weighted by molar-refractivity contribution is 5.79. The SMILES string of the molecule is COCCCCCNC(=O)N(C)CC(=O)O. The number of nitrogens with one attached hydrogen (secondary N) is 1. The van der Waals surface area contributed by atoms with Gasteiger partial charge in [0.25, 0.3) is 0 Å². The maximum Gasteiger partial charge on any atom is 0.323 e. The highest BCUT2D eigenvalue weighted by Gasteiger charge is 2.10. The molecule has 0 heterocycles. The smallest absolute Gasteiger partial charge is 0.323 e. The third-order valence-corrected chi connectivity index (χ3v) is 2.02. The summed E-state index contributed by atoms with van der Waals surface area (Å²) in [5, 5.41) is 11.1. The molecule has 0 saturated carbocycles. The molecule has 0 bridgehead atoms. The second kappa shape index (κ2) is 8.96. The zero-order valence-electron chi connectivity index (χ0n) is 9.86. The molecule has 0 fully saturated rings. The monoisotopic (exact) mass is 232 g/mol. The second-order valence-corrected chi connectivity index (χ2v) is 3.54. The van der Waals surface area contributed by atoms with E-state index in [2.05, 4.69) is 5.32 Å². The van der Waals surface area contributed by atoms with E-state index in [0.717, 1.165) is 30.8 Å². The molecule has 0 aliphatic heterocycles. The summed E-state index contributed by atoms with van der Waals surface area (Å²) < 4.78 is 4.89. The molecule has 0 aromatic carbocycles. The third kappa shape index (κ3) is 8.05. The van der Waals surface area contributed by atoms with Crippen LogP contribution in [0.2, 0.25) is 0 Å². The molecule has 0 aromatic rings. The van der Waals surface area contributed by atoms with E-state index in [0.29, 0.717) is 6.54 Å². The van der Waals surface area contributed by atoms with Crippen molar-refractivity contribution in [3.05, 3.63) is 0 Å². The van der Waals surface area contributed by atoms with E-state index >= 15 is 0 Å². The van der Waals surface area contributed by atoms with Gasteiger partial charge in [0.2, 0.25) is 0 Å². The van der Waals surface area contributed by atoms with E-state index in [1.165, 1.54) is 7.05 Å². The van der Waals surface area contributed by atoms with Gasteiger partial charge in [-0.25, -0.2) is 4.79 Å². The summed E-state index contributed by atoms with van der Waals surface area (Å²) in [6.07, 6.45) is 2.82. The van der Waals surface area contributed by atoms with E-state index < -0.39 is 5.97 Å². The minimum Gasteiger partial charge on any atom is -0.480 e. The largest absolute Gasteiger partial charge is 0.480 e. The Labute approximate surface area is 95.6 Å². The maximum absolute atomic E-state index is 11.3. The number of carboxylic acids is 1. The fourth-order valence-electron chi connectivity index (χ4n) is 1.15. The Morgan fingerprint density at radius 1 is 1.31 bits per heavy atom. The van der Waals surface area contributed by atoms with Gasteiger partial charge in [0.05, 0.1) is 0 Å². The van der Waals surface area contributed by atoms with Gasteiger partial charge in [-0.1, -0.05) is 0 Å². The third-order valence-electron chi connectivity index (χ3n) is 2.02. The lowest BCUT2D eigenvalue weighted by molar-refractivity contribution is -0.137. The van der Waals surface area contributed by atoms with Crippen LogP contribution in [0.1, 0.15) is 19.3 Å². The van der Waals surface area contributed by atoms with Gasteiger partial charge in [-0.2, -0.15) is 0 Å². The quantitative estimate of drug-likeness (QED) is 0.598. The summed E-state index contributed by atoms with van der Waals surface area (Å²) in [4.78, 5) is 22.8. The van der Waals surface area contributed by atoms with Crippen molar-refractivity contribution in [3.63, 3.8) is 0 Å². The van der Waals surface area contributed by atoms with Gasteiger partial charge in [0, 0.05) is 27.3 Å². The first-order valence-electron chi connectivity index (χ1n) is 5.27. The van der Waals surface area contributed by atoms with Gasteiger partial charge in [0.15, 0.2) is 0 Å². The van der Waals surface area contributed by atoms with E-state index in [1.807, 2.05) is 0 Å². The first-order valence-corrected chi connectivity index (χ1v) is 5.27. The van der Waals surface area contributed by atoms with Gasteiger partial charge < -0.3 is 20.1 Å². The van der Waals surface area contributed by atoms with E-state index in [4.69, 9.17) is 9.84 Å². The maximum atomic E-state index is 11.3. The van der Waals surface area contributed by atoms with Gasteiger partial charge >= 0.3 is 12.0 Å². The molecule has 0 saturated heterocycles. The zero-order chi connectivity index (χ0) is 12.4. The molecule has 2 N–H and O–H groups in total. The lowest BCUT2D eigenvalue weighted by Crippen LogP contribution is -2.40. The molecule has 2 amide bonds. The summed E-state index contributed by atoms with van der Waals surface area (Å²) in [5.74, 6) is -1.02. The molecular weight excluding hydrogens is 212 g/mol. The molecule has 0 atom stereocenters. The van der Waals surface area contributed by atoms with Crippen LogP contribution in [0, 0.1) is 0 Å². The average molecular weight is 232 g/mol. The summed E-state index contributed by atoms with van der Waals surface area (Å²) >= 11 is 0. The number of amides is 2. The Bertz CT molecular complexity index is 221. The van der Waals surface area contributed by atoms with Crippen LogP contribution in [0.25, 0.3) is 0 Å². The number of hydrogen-bond donors (Lipinski definition) is 2. The van der Waals surface area contributed by atoms with Crippen LogP contribution < -0.4 is 5.32 Å². The van der Waals surface area contributed by atoms with Crippen molar-refractivity contribution in [1.29, 1.82) is 0 Å². The Hall–Kier alpha value is -1.30. The van der Waals surface area contributed by atoms with E-state index in [1.54, 1.807) is 7.11 Å². The van der Waals surface area contributed by atoms with E-state index in [-0.39, 0.29) is 12.6 Å². The molecule has 0 aliphatic rings. The number of methoxy groups -OCH3 is 1. The topological polar surface area (TPSA) is 78.9 Å². The number of hydrogen-bond acceptors (Lipinski definition) is 3. The van der Waals surface area contributed by atoms with Crippen LogP contribution >= 0.6 is 0 Å². The number of rotatable bonds is 8. The summed E-state index contributed by atoms with van der Waals surface area (Å²) in [6, 6.07) is -0.353. The molecule has 0 spiro atoms. The van der Waals surface area contributed by atoms with Gasteiger partial charge in [-0.15, -0.1) is 0 Å². The molecule has 94 valence electrons. The second-order valence-electron chi connectivity index (χ2n) is 3.54. The van der Waals surface area contributed by atoms with Crippen LogP contribution in [0.15, 0.2) is 0 Å². The number of carbonyl (C=O) groups excluding carboxylic acids is 1. The van der Waals surface area contributed by atoms with Gasteiger partial charge in [0.1, 0.15) is 6.54 Å². The number of ether oxygens (including phenoxy) is 1. The predicted octanol–water partition coefficient (Wildman–Crippen LogP) is 0.529. The number of likely N-dealkylation sites (N-methyl/N-ethyl adjacent to an activating group) is 1. The average Bonchev–Trinajstić information content (AvgIpc) is 2.21. The van der Waals surface area contributed by atoms with Crippen LogP contribution in [0.5, 0.6) is 0 Å². The lowest BCUT2D eigenvalue weighted by atomic mass is 10.2. The molecule has 16 heavy (non-hydrogen) atoms. The Balaban J connectivity index is 3.46. The fourth-order valence-corrected chi connectivity index (χ4v) is 1.15. The van der Waals surface area contributed by atoms with E-state index in [9.17, 15) is 9.59 Å². The number of nitrogens with zero attached hydrogens (tertiary/aromatic N) is 1. The Morgan fingerprint density at radius 3 is 2.56 bits per heavy atom. The van der Waals surface area contributed by atoms with Crippen molar-refractivity contribution in [2.24, 2.45) is 0 Å². The van der Waals surface area contributed by atoms with Crippen LogP contribution in [0.4, 0.5) is 4.79 Å². The molecule has 6 nitrogen and oxygen atoms in total. The molecular formula is C10H20N2O4. The molecule has 0 unspecified atom stereocenters. The highest BCUT2D eigenvalue weighted by Crippen LogP contribution is 1.94. The zero-order valence-corrected chi connectivity index (χ0v) is 9.86. The number of aliphatic carboxylic acids is 1. The fraction of sp³-hybridized carbons (Fsp3) is 0.800. The van der Waals surface area contributed by atoms with Gasteiger partial charge in [-0.3, -0.25) is 4.79 Å². The molecule has 6 heteroatoms. The Kier molecular flexibility index (Phi) is 8.24. The van der Waals surface area contributed by atoms with Crippen molar-refractivity contribution in [2.75, 3.05) is 33.9 Å². The molecule has 0 rings (SSSR count). The first-order chi connectivity index (χ1) is 7.57. The summed E-state index contributed by atoms with van der Waals surface area (Å²) in [5.41, 5.74) is 0. The van der Waals surface area contributed by atoms with Crippen molar-refractivity contribution >= 4 is 12.0 Å². The molecule has 0 aliphatic carbocycles. The normalized spacial score (nSPS) is 9.88. The number of unbranched alkanes of at least 4 members (excludes halogenated alkanes) is 2. The van der Waals surface area contributed by atoms with Crippen LogP contribution in [0.3, 0.4) is 0 Å². The lowest BCUT2D eigenvalue weighted by Gasteiger charge is -2.15. The van der Waals surface area contributed by atoms with Gasteiger partial charge in [-0.05, 0) is 19.3 Å². The standard InChI is InChI=1S/C10H20N2O4/c1-12(8-9(13)14)10(15)11-6-4-3-5-7-16-2/h3-8H2,1-2H3,(H,11,15)(H,13,14). The minimum absolute atomic E-state index is 0.282.